The van der Waals surface area contributed by atoms with Crippen LogP contribution in [0.1, 0.15) is 11.4 Å². The second-order valence-electron chi connectivity index (χ2n) is 3.87. The molecule has 0 fully saturated rings. The van der Waals surface area contributed by atoms with Crippen LogP contribution < -0.4 is 5.32 Å². The number of anilines is 1. The molecule has 0 aliphatic heterocycles. The van der Waals surface area contributed by atoms with Crippen LogP contribution in [0.5, 0.6) is 5.75 Å². The third-order valence-corrected chi connectivity index (χ3v) is 3.81. The lowest BCUT2D eigenvalue weighted by atomic mass is 10.2. The van der Waals surface area contributed by atoms with Gasteiger partial charge in [0.1, 0.15) is 11.4 Å². The van der Waals surface area contributed by atoms with E-state index in [1.54, 1.807) is 12.1 Å². The zero-order chi connectivity index (χ0) is 13.1. The zero-order valence-corrected chi connectivity index (χ0v) is 12.9. The second kappa shape index (κ2) is 5.71. The Hall–Kier alpha value is -1.07. The maximum Gasteiger partial charge on any atom is 0.138 e. The molecule has 0 unspecified atom stereocenters. The maximum atomic E-state index is 9.73. The molecule has 1 aromatic heterocycles. The van der Waals surface area contributed by atoms with Gasteiger partial charge in [0.2, 0.25) is 0 Å². The molecule has 1 aromatic carbocycles. The number of aryl methyl sites for hydroxylation is 1. The van der Waals surface area contributed by atoms with E-state index in [-0.39, 0.29) is 5.75 Å². The van der Waals surface area contributed by atoms with Crippen molar-refractivity contribution in [1.82, 2.24) is 4.98 Å². The third-order valence-electron chi connectivity index (χ3n) is 2.48. The number of pyridine rings is 1. The van der Waals surface area contributed by atoms with Gasteiger partial charge in [-0.3, -0.25) is 4.98 Å². The van der Waals surface area contributed by atoms with Crippen molar-refractivity contribution >= 4 is 37.5 Å². The number of hydrogen-bond donors (Lipinski definition) is 2. The Labute approximate surface area is 123 Å². The summed E-state index contributed by atoms with van der Waals surface area (Å²) in [7, 11) is 0. The van der Waals surface area contributed by atoms with Gasteiger partial charge in [-0.25, -0.2) is 0 Å². The Kier molecular flexibility index (Phi) is 4.24. The molecule has 0 aliphatic rings. The monoisotopic (exact) mass is 370 g/mol. The van der Waals surface area contributed by atoms with Crippen molar-refractivity contribution in [3.05, 3.63) is 50.7 Å². The molecule has 3 nitrogen and oxygen atoms in total. The van der Waals surface area contributed by atoms with Gasteiger partial charge in [0.25, 0.3) is 0 Å². The molecular formula is C13H12Br2N2O. The van der Waals surface area contributed by atoms with Crippen LogP contribution in [0.4, 0.5) is 5.69 Å². The predicted octanol–water partition coefficient (Wildman–Crippen LogP) is 4.23. The topological polar surface area (TPSA) is 45.1 Å². The van der Waals surface area contributed by atoms with Crippen molar-refractivity contribution in [3.63, 3.8) is 0 Å². The Balaban J connectivity index is 2.19. The summed E-state index contributed by atoms with van der Waals surface area (Å²) < 4.78 is 1.92. The zero-order valence-electron chi connectivity index (χ0n) is 9.74. The summed E-state index contributed by atoms with van der Waals surface area (Å²) in [5, 5.41) is 13.0. The van der Waals surface area contributed by atoms with E-state index in [4.69, 9.17) is 0 Å². The highest BCUT2D eigenvalue weighted by atomic mass is 79.9. The number of benzene rings is 1. The van der Waals surface area contributed by atoms with E-state index >= 15 is 0 Å². The van der Waals surface area contributed by atoms with Gasteiger partial charge < -0.3 is 10.4 Å². The molecule has 18 heavy (non-hydrogen) atoms. The lowest BCUT2D eigenvalue weighted by Gasteiger charge is -2.11. The summed E-state index contributed by atoms with van der Waals surface area (Å²) in [5.41, 5.74) is 2.47. The minimum absolute atomic E-state index is 0.205. The molecule has 0 atom stereocenters. The van der Waals surface area contributed by atoms with E-state index in [0.717, 1.165) is 20.3 Å². The third kappa shape index (κ3) is 3.03. The molecule has 2 rings (SSSR count). The number of rotatable bonds is 3. The Morgan fingerprint density at radius 2 is 1.83 bits per heavy atom. The fourth-order valence-electron chi connectivity index (χ4n) is 1.57. The van der Waals surface area contributed by atoms with Crippen molar-refractivity contribution in [2.75, 3.05) is 5.32 Å². The number of nitrogens with one attached hydrogen (secondary N) is 1. The minimum atomic E-state index is 0.205. The molecule has 2 aromatic rings. The van der Waals surface area contributed by atoms with E-state index in [9.17, 15) is 5.11 Å². The van der Waals surface area contributed by atoms with E-state index in [1.165, 1.54) is 0 Å². The van der Waals surface area contributed by atoms with E-state index < -0.39 is 0 Å². The van der Waals surface area contributed by atoms with Crippen molar-refractivity contribution in [1.29, 1.82) is 0 Å². The Bertz CT molecular complexity index is 553. The summed E-state index contributed by atoms with van der Waals surface area (Å²) >= 11 is 6.96. The quantitative estimate of drug-likeness (QED) is 0.848. The average molecular weight is 372 g/mol. The van der Waals surface area contributed by atoms with Gasteiger partial charge in [-0.1, -0.05) is 6.07 Å². The van der Waals surface area contributed by atoms with Crippen LogP contribution in [-0.4, -0.2) is 10.1 Å². The van der Waals surface area contributed by atoms with Crippen LogP contribution in [0, 0.1) is 6.92 Å². The van der Waals surface area contributed by atoms with Crippen LogP contribution >= 0.6 is 31.9 Å². The Morgan fingerprint density at radius 1 is 1.17 bits per heavy atom. The maximum absolute atomic E-state index is 9.73. The largest absolute Gasteiger partial charge is 0.506 e. The minimum Gasteiger partial charge on any atom is -0.506 e. The first-order chi connectivity index (χ1) is 8.58. The smallest absolute Gasteiger partial charge is 0.138 e. The number of aromatic nitrogens is 1. The highest BCUT2D eigenvalue weighted by Gasteiger charge is 2.07. The molecule has 0 saturated heterocycles. The SMILES string of the molecule is Cc1ccc(O)c(CNc2c(Br)cccc2Br)n1. The van der Waals surface area contributed by atoms with E-state index in [2.05, 4.69) is 42.2 Å². The van der Waals surface area contributed by atoms with E-state index in [1.807, 2.05) is 25.1 Å². The molecule has 94 valence electrons. The number of nitrogens with zero attached hydrogens (tertiary/aromatic N) is 1. The van der Waals surface area contributed by atoms with Gasteiger partial charge in [-0.05, 0) is 63.0 Å². The second-order valence-corrected chi connectivity index (χ2v) is 5.58. The van der Waals surface area contributed by atoms with Crippen molar-refractivity contribution in [2.45, 2.75) is 13.5 Å². The summed E-state index contributed by atoms with van der Waals surface area (Å²) in [4.78, 5) is 4.30. The first-order valence-corrected chi connectivity index (χ1v) is 7.00. The highest BCUT2D eigenvalue weighted by molar-refractivity contribution is 9.11. The van der Waals surface area contributed by atoms with Gasteiger partial charge in [0, 0.05) is 14.6 Å². The van der Waals surface area contributed by atoms with Gasteiger partial charge >= 0.3 is 0 Å². The van der Waals surface area contributed by atoms with Gasteiger partial charge in [0.05, 0.1) is 12.2 Å². The standard InChI is InChI=1S/C13H12Br2N2O/c1-8-5-6-12(18)11(17-8)7-16-13-9(14)3-2-4-10(13)15/h2-6,16,18H,7H2,1H3. The lowest BCUT2D eigenvalue weighted by Crippen LogP contribution is -2.04. The van der Waals surface area contributed by atoms with Crippen molar-refractivity contribution < 1.29 is 5.11 Å². The summed E-state index contributed by atoms with van der Waals surface area (Å²) in [6.45, 7) is 2.37. The summed E-state index contributed by atoms with van der Waals surface area (Å²) in [6.07, 6.45) is 0. The summed E-state index contributed by atoms with van der Waals surface area (Å²) in [6, 6.07) is 9.30. The van der Waals surface area contributed by atoms with Crippen LogP contribution in [-0.2, 0) is 6.54 Å². The molecule has 0 bridgehead atoms. The molecule has 0 spiro atoms. The summed E-state index contributed by atoms with van der Waals surface area (Å²) in [5.74, 6) is 0.205. The fourth-order valence-corrected chi connectivity index (χ4v) is 2.85. The molecule has 1 heterocycles. The Morgan fingerprint density at radius 3 is 2.50 bits per heavy atom. The number of hydrogen-bond acceptors (Lipinski definition) is 3. The van der Waals surface area contributed by atoms with Gasteiger partial charge in [0.15, 0.2) is 0 Å². The molecule has 0 radical (unpaired) electrons. The van der Waals surface area contributed by atoms with Crippen molar-refractivity contribution in [3.8, 4) is 5.75 Å². The normalized spacial score (nSPS) is 10.4. The molecule has 0 saturated carbocycles. The van der Waals surface area contributed by atoms with Crippen LogP contribution in [0.25, 0.3) is 0 Å². The van der Waals surface area contributed by atoms with Gasteiger partial charge in [-0.2, -0.15) is 0 Å². The van der Waals surface area contributed by atoms with Crippen LogP contribution in [0.15, 0.2) is 39.3 Å². The van der Waals surface area contributed by atoms with Crippen molar-refractivity contribution in [2.24, 2.45) is 0 Å². The van der Waals surface area contributed by atoms with Crippen LogP contribution in [0.2, 0.25) is 0 Å². The fraction of sp³-hybridized carbons (Fsp3) is 0.154. The molecular weight excluding hydrogens is 360 g/mol. The first kappa shape index (κ1) is 13.4. The van der Waals surface area contributed by atoms with Gasteiger partial charge in [-0.15, -0.1) is 0 Å². The average Bonchev–Trinajstić information content (AvgIpc) is 2.33. The first-order valence-electron chi connectivity index (χ1n) is 5.41. The number of aromatic hydroxyl groups is 1. The number of para-hydroxylation sites is 1. The van der Waals surface area contributed by atoms with Crippen LogP contribution in [0.3, 0.4) is 0 Å². The number of halogens is 2. The van der Waals surface area contributed by atoms with E-state index in [0.29, 0.717) is 12.2 Å². The molecule has 5 heteroatoms. The lowest BCUT2D eigenvalue weighted by molar-refractivity contribution is 0.464. The highest BCUT2D eigenvalue weighted by Crippen LogP contribution is 2.31. The predicted molar refractivity (Wildman–Crippen MR) is 79.8 cm³/mol. The molecule has 0 amide bonds. The molecule has 2 N–H and O–H groups in total. The molecule has 0 aliphatic carbocycles.